The van der Waals surface area contributed by atoms with Crippen molar-refractivity contribution < 1.29 is 0 Å². The Morgan fingerprint density at radius 3 is 2.28 bits per heavy atom. The van der Waals surface area contributed by atoms with Crippen LogP contribution in [0.25, 0.3) is 0 Å². The Balaban J connectivity index is 2.20. The van der Waals surface area contributed by atoms with Gasteiger partial charge in [-0.15, -0.1) is 0 Å². The van der Waals surface area contributed by atoms with E-state index in [0.717, 1.165) is 18.9 Å². The van der Waals surface area contributed by atoms with Crippen molar-refractivity contribution in [2.75, 3.05) is 13.1 Å². The molecule has 3 nitrogen and oxygen atoms in total. The molecule has 1 aromatic heterocycles. The number of hydrogen-bond donors (Lipinski definition) is 1. The van der Waals surface area contributed by atoms with Gasteiger partial charge in [-0.25, -0.2) is 9.97 Å². The van der Waals surface area contributed by atoms with Gasteiger partial charge in [0.25, 0.3) is 0 Å². The highest BCUT2D eigenvalue weighted by atomic mass is 14.9. The van der Waals surface area contributed by atoms with Crippen molar-refractivity contribution in [3.05, 3.63) is 22.8 Å². The summed E-state index contributed by atoms with van der Waals surface area (Å²) in [7, 11) is 0. The predicted molar refractivity (Wildman–Crippen MR) is 75.1 cm³/mol. The molecule has 1 saturated carbocycles. The fourth-order valence-corrected chi connectivity index (χ4v) is 2.78. The van der Waals surface area contributed by atoms with Crippen LogP contribution in [-0.4, -0.2) is 23.1 Å². The second kappa shape index (κ2) is 5.79. The van der Waals surface area contributed by atoms with Gasteiger partial charge in [-0.2, -0.15) is 0 Å². The molecule has 0 radical (unpaired) electrons. The largest absolute Gasteiger partial charge is 0.316 e. The van der Waals surface area contributed by atoms with E-state index in [1.165, 1.54) is 36.2 Å². The van der Waals surface area contributed by atoms with E-state index in [1.54, 1.807) is 0 Å². The molecule has 2 rings (SSSR count). The van der Waals surface area contributed by atoms with Gasteiger partial charge in [0.15, 0.2) is 0 Å². The molecule has 1 heterocycles. The lowest BCUT2D eigenvalue weighted by molar-refractivity contribution is 0.399. The van der Waals surface area contributed by atoms with Crippen LogP contribution in [0.15, 0.2) is 0 Å². The van der Waals surface area contributed by atoms with Gasteiger partial charge in [-0.1, -0.05) is 20.3 Å². The lowest BCUT2D eigenvalue weighted by Gasteiger charge is -2.26. The lowest BCUT2D eigenvalue weighted by Crippen LogP contribution is -2.22. The number of aryl methyl sites for hydroxylation is 2. The van der Waals surface area contributed by atoms with Crippen LogP contribution in [0.2, 0.25) is 0 Å². The van der Waals surface area contributed by atoms with Crippen molar-refractivity contribution in [1.29, 1.82) is 0 Å². The number of aromatic nitrogens is 2. The molecule has 18 heavy (non-hydrogen) atoms. The molecule has 0 amide bonds. The maximum absolute atomic E-state index is 4.75. The minimum absolute atomic E-state index is 0.486. The zero-order valence-electron chi connectivity index (χ0n) is 12.1. The number of likely N-dealkylation sites (N-methyl/N-ethyl adjacent to an activating group) is 1. The van der Waals surface area contributed by atoms with Gasteiger partial charge in [-0.05, 0) is 44.7 Å². The fourth-order valence-electron chi connectivity index (χ4n) is 2.78. The minimum Gasteiger partial charge on any atom is -0.316 e. The zero-order chi connectivity index (χ0) is 13.1. The van der Waals surface area contributed by atoms with E-state index in [1.807, 2.05) is 0 Å². The van der Waals surface area contributed by atoms with E-state index in [-0.39, 0.29) is 0 Å². The maximum Gasteiger partial charge on any atom is 0.131 e. The van der Waals surface area contributed by atoms with Gasteiger partial charge < -0.3 is 5.32 Å². The molecule has 1 atom stereocenters. The van der Waals surface area contributed by atoms with Gasteiger partial charge in [0, 0.05) is 23.9 Å². The second-order valence-corrected chi connectivity index (χ2v) is 5.50. The molecule has 0 aromatic carbocycles. The van der Waals surface area contributed by atoms with E-state index in [2.05, 4.69) is 33.0 Å². The Hall–Kier alpha value is -0.960. The molecule has 0 aliphatic heterocycles. The minimum atomic E-state index is 0.486. The average Bonchev–Trinajstić information content (AvgIpc) is 2.22. The first-order valence-corrected chi connectivity index (χ1v) is 7.19. The van der Waals surface area contributed by atoms with Gasteiger partial charge in [-0.3, -0.25) is 0 Å². The third-order valence-electron chi connectivity index (χ3n) is 4.01. The first-order chi connectivity index (χ1) is 8.63. The normalized spacial score (nSPS) is 17.6. The summed E-state index contributed by atoms with van der Waals surface area (Å²) in [4.78, 5) is 9.49. The average molecular weight is 247 g/mol. The summed E-state index contributed by atoms with van der Waals surface area (Å²) in [6.45, 7) is 10.7. The van der Waals surface area contributed by atoms with Crippen molar-refractivity contribution in [3.8, 4) is 0 Å². The molecule has 1 unspecified atom stereocenters. The predicted octanol–water partition coefficient (Wildman–Crippen LogP) is 3.07. The van der Waals surface area contributed by atoms with Crippen LogP contribution in [0.5, 0.6) is 0 Å². The summed E-state index contributed by atoms with van der Waals surface area (Å²) in [5.41, 5.74) is 3.68. The highest BCUT2D eigenvalue weighted by Crippen LogP contribution is 2.35. The molecule has 1 aliphatic carbocycles. The smallest absolute Gasteiger partial charge is 0.131 e. The number of nitrogens with one attached hydrogen (secondary N) is 1. The number of hydrogen-bond acceptors (Lipinski definition) is 3. The summed E-state index contributed by atoms with van der Waals surface area (Å²) in [6.07, 6.45) is 3.88. The summed E-state index contributed by atoms with van der Waals surface area (Å²) < 4.78 is 0. The standard InChI is InChI=1S/C15H25N3/c1-5-16-9-10(2)14-11(3)17-15(18-12(14)4)13-7-6-8-13/h10,13,16H,5-9H2,1-4H3. The first-order valence-electron chi connectivity index (χ1n) is 7.19. The Bertz CT molecular complexity index is 387. The van der Waals surface area contributed by atoms with Gasteiger partial charge >= 0.3 is 0 Å². The molecule has 0 saturated heterocycles. The Labute approximate surface area is 110 Å². The van der Waals surface area contributed by atoms with Crippen LogP contribution in [0.3, 0.4) is 0 Å². The van der Waals surface area contributed by atoms with Crippen molar-refractivity contribution in [2.45, 2.75) is 58.8 Å². The van der Waals surface area contributed by atoms with E-state index in [4.69, 9.17) is 9.97 Å². The van der Waals surface area contributed by atoms with Crippen molar-refractivity contribution in [2.24, 2.45) is 0 Å². The van der Waals surface area contributed by atoms with Crippen molar-refractivity contribution in [3.63, 3.8) is 0 Å². The third-order valence-corrected chi connectivity index (χ3v) is 4.01. The quantitative estimate of drug-likeness (QED) is 0.869. The van der Waals surface area contributed by atoms with E-state index < -0.39 is 0 Å². The summed E-state index contributed by atoms with van der Waals surface area (Å²) in [5.74, 6) is 2.19. The summed E-state index contributed by atoms with van der Waals surface area (Å²) >= 11 is 0. The van der Waals surface area contributed by atoms with Gasteiger partial charge in [0.1, 0.15) is 5.82 Å². The highest BCUT2D eigenvalue weighted by Gasteiger charge is 2.24. The monoisotopic (exact) mass is 247 g/mol. The first kappa shape index (κ1) is 13.5. The summed E-state index contributed by atoms with van der Waals surface area (Å²) in [5, 5.41) is 3.41. The lowest BCUT2D eigenvalue weighted by atomic mass is 9.84. The topological polar surface area (TPSA) is 37.8 Å². The SMILES string of the molecule is CCNCC(C)c1c(C)nc(C2CCC2)nc1C. The molecular formula is C15H25N3. The molecular weight excluding hydrogens is 222 g/mol. The molecule has 0 spiro atoms. The molecule has 1 N–H and O–H groups in total. The van der Waals surface area contributed by atoms with Crippen LogP contribution in [0, 0.1) is 13.8 Å². The Kier molecular flexibility index (Phi) is 4.33. The zero-order valence-corrected chi connectivity index (χ0v) is 12.1. The number of nitrogens with zero attached hydrogens (tertiary/aromatic N) is 2. The van der Waals surface area contributed by atoms with Crippen LogP contribution in [0.1, 0.15) is 67.7 Å². The fraction of sp³-hybridized carbons (Fsp3) is 0.733. The molecule has 0 bridgehead atoms. The Morgan fingerprint density at radius 2 is 1.83 bits per heavy atom. The van der Waals surface area contributed by atoms with E-state index in [9.17, 15) is 0 Å². The molecule has 1 aromatic rings. The van der Waals surface area contributed by atoms with Gasteiger partial charge in [0.2, 0.25) is 0 Å². The maximum atomic E-state index is 4.75. The van der Waals surface area contributed by atoms with Crippen molar-refractivity contribution in [1.82, 2.24) is 15.3 Å². The van der Waals surface area contributed by atoms with Gasteiger partial charge in [0.05, 0.1) is 0 Å². The second-order valence-electron chi connectivity index (χ2n) is 5.50. The van der Waals surface area contributed by atoms with Crippen LogP contribution >= 0.6 is 0 Å². The molecule has 1 fully saturated rings. The third kappa shape index (κ3) is 2.72. The molecule has 1 aliphatic rings. The van der Waals surface area contributed by atoms with Crippen molar-refractivity contribution >= 4 is 0 Å². The number of rotatable bonds is 5. The molecule has 3 heteroatoms. The summed E-state index contributed by atoms with van der Waals surface area (Å²) in [6, 6.07) is 0. The molecule has 100 valence electrons. The van der Waals surface area contributed by atoms with E-state index in [0.29, 0.717) is 11.8 Å². The van der Waals surface area contributed by atoms with E-state index >= 15 is 0 Å². The Morgan fingerprint density at radius 1 is 1.22 bits per heavy atom. The highest BCUT2D eigenvalue weighted by molar-refractivity contribution is 5.29. The van der Waals surface area contributed by atoms with Crippen LogP contribution < -0.4 is 5.32 Å². The van der Waals surface area contributed by atoms with Crippen LogP contribution in [0.4, 0.5) is 0 Å². The van der Waals surface area contributed by atoms with Crippen LogP contribution in [-0.2, 0) is 0 Å².